The van der Waals surface area contributed by atoms with Crippen LogP contribution in [0.3, 0.4) is 0 Å². The molecule has 1 heterocycles. The van der Waals surface area contributed by atoms with Crippen molar-refractivity contribution in [1.29, 1.82) is 0 Å². The van der Waals surface area contributed by atoms with Gasteiger partial charge >= 0.3 is 5.97 Å². The summed E-state index contributed by atoms with van der Waals surface area (Å²) in [7, 11) is 3.12. The SMILES string of the molecule is COc1ccc(OC)c([C@H](C)NC(=O)COC(=O)c2oc3ccccc3c2C)c1. The first kappa shape index (κ1) is 20.3. The average molecular weight is 397 g/mol. The zero-order valence-electron chi connectivity index (χ0n) is 16.8. The van der Waals surface area contributed by atoms with Crippen LogP contribution in [0.1, 0.15) is 34.6 Å². The maximum absolute atomic E-state index is 12.3. The van der Waals surface area contributed by atoms with E-state index < -0.39 is 18.5 Å². The Kier molecular flexibility index (Phi) is 6.07. The highest BCUT2D eigenvalue weighted by Crippen LogP contribution is 2.29. The second kappa shape index (κ2) is 8.68. The van der Waals surface area contributed by atoms with Gasteiger partial charge in [-0.15, -0.1) is 0 Å². The largest absolute Gasteiger partial charge is 0.497 e. The van der Waals surface area contributed by atoms with E-state index in [1.807, 2.05) is 18.2 Å². The predicted molar refractivity (Wildman–Crippen MR) is 107 cm³/mol. The smallest absolute Gasteiger partial charge is 0.375 e. The van der Waals surface area contributed by atoms with Crippen molar-refractivity contribution < 1.29 is 28.2 Å². The van der Waals surface area contributed by atoms with Gasteiger partial charge in [-0.3, -0.25) is 4.79 Å². The van der Waals surface area contributed by atoms with Crippen molar-refractivity contribution in [2.75, 3.05) is 20.8 Å². The maximum atomic E-state index is 12.3. The van der Waals surface area contributed by atoms with Gasteiger partial charge in [-0.25, -0.2) is 4.79 Å². The normalized spacial score (nSPS) is 11.7. The molecule has 0 aliphatic rings. The molecule has 1 amide bonds. The molecule has 152 valence electrons. The number of furan rings is 1. The van der Waals surface area contributed by atoms with Crippen LogP contribution in [-0.2, 0) is 9.53 Å². The number of aryl methyl sites for hydroxylation is 1. The zero-order chi connectivity index (χ0) is 21.0. The lowest BCUT2D eigenvalue weighted by Gasteiger charge is -2.18. The van der Waals surface area contributed by atoms with E-state index in [1.54, 1.807) is 52.3 Å². The van der Waals surface area contributed by atoms with Gasteiger partial charge in [-0.2, -0.15) is 0 Å². The van der Waals surface area contributed by atoms with Crippen LogP contribution in [0.25, 0.3) is 11.0 Å². The van der Waals surface area contributed by atoms with Gasteiger partial charge in [0.25, 0.3) is 5.91 Å². The standard InChI is InChI=1S/C22H23NO6/c1-13-16-7-5-6-8-19(16)29-21(13)22(25)28-12-20(24)23-14(2)17-11-15(26-3)9-10-18(17)27-4/h5-11,14H,12H2,1-4H3,(H,23,24)/t14-/m0/s1. The molecule has 0 saturated heterocycles. The third-order valence-corrected chi connectivity index (χ3v) is 4.64. The highest BCUT2D eigenvalue weighted by atomic mass is 16.5. The average Bonchev–Trinajstić information content (AvgIpc) is 3.08. The van der Waals surface area contributed by atoms with Crippen molar-refractivity contribution in [3.8, 4) is 11.5 Å². The molecule has 0 saturated carbocycles. The summed E-state index contributed by atoms with van der Waals surface area (Å²) >= 11 is 0. The molecule has 29 heavy (non-hydrogen) atoms. The molecule has 2 aromatic carbocycles. The Morgan fingerprint density at radius 3 is 2.55 bits per heavy atom. The van der Waals surface area contributed by atoms with Gasteiger partial charge in [0.05, 0.1) is 20.3 Å². The summed E-state index contributed by atoms with van der Waals surface area (Å²) in [5.74, 6) is 0.244. The fourth-order valence-electron chi connectivity index (χ4n) is 3.10. The fraction of sp³-hybridized carbons (Fsp3) is 0.273. The molecule has 1 atom stereocenters. The summed E-state index contributed by atoms with van der Waals surface area (Å²) in [5, 5.41) is 3.62. The highest BCUT2D eigenvalue weighted by molar-refractivity contribution is 5.96. The Bertz CT molecular complexity index is 1040. The van der Waals surface area contributed by atoms with E-state index in [-0.39, 0.29) is 11.8 Å². The van der Waals surface area contributed by atoms with Crippen LogP contribution in [-0.4, -0.2) is 32.7 Å². The van der Waals surface area contributed by atoms with E-state index in [0.29, 0.717) is 22.6 Å². The predicted octanol–water partition coefficient (Wildman–Crippen LogP) is 3.79. The van der Waals surface area contributed by atoms with Crippen molar-refractivity contribution in [3.63, 3.8) is 0 Å². The van der Waals surface area contributed by atoms with Crippen LogP contribution in [0.2, 0.25) is 0 Å². The summed E-state index contributed by atoms with van der Waals surface area (Å²) in [4.78, 5) is 24.6. The highest BCUT2D eigenvalue weighted by Gasteiger charge is 2.21. The molecule has 1 aromatic heterocycles. The minimum atomic E-state index is -0.680. The molecule has 0 aliphatic heterocycles. The van der Waals surface area contributed by atoms with Gasteiger partial charge in [0.15, 0.2) is 6.61 Å². The minimum Gasteiger partial charge on any atom is -0.497 e. The Morgan fingerprint density at radius 2 is 1.86 bits per heavy atom. The molecule has 0 aliphatic carbocycles. The number of hydrogen-bond donors (Lipinski definition) is 1. The van der Waals surface area contributed by atoms with Crippen molar-refractivity contribution in [2.24, 2.45) is 0 Å². The number of ether oxygens (including phenoxy) is 3. The third kappa shape index (κ3) is 4.34. The van der Waals surface area contributed by atoms with Crippen LogP contribution in [0, 0.1) is 6.92 Å². The number of methoxy groups -OCH3 is 2. The van der Waals surface area contributed by atoms with E-state index in [1.165, 1.54) is 0 Å². The second-order valence-corrected chi connectivity index (χ2v) is 6.53. The van der Waals surface area contributed by atoms with Crippen molar-refractivity contribution in [1.82, 2.24) is 5.32 Å². The van der Waals surface area contributed by atoms with E-state index in [2.05, 4.69) is 5.32 Å². The molecule has 0 radical (unpaired) electrons. The number of esters is 1. The van der Waals surface area contributed by atoms with Crippen molar-refractivity contribution in [2.45, 2.75) is 19.9 Å². The summed E-state index contributed by atoms with van der Waals surface area (Å²) in [5.41, 5.74) is 2.03. The Labute approximate surface area is 168 Å². The summed E-state index contributed by atoms with van der Waals surface area (Å²) < 4.78 is 21.3. The molecular formula is C22H23NO6. The van der Waals surface area contributed by atoms with Crippen LogP contribution in [0.4, 0.5) is 0 Å². The third-order valence-electron chi connectivity index (χ3n) is 4.64. The molecule has 0 spiro atoms. The number of rotatable bonds is 7. The van der Waals surface area contributed by atoms with Crippen LogP contribution in [0.15, 0.2) is 46.9 Å². The van der Waals surface area contributed by atoms with Crippen molar-refractivity contribution in [3.05, 3.63) is 59.4 Å². The summed E-state index contributed by atoms with van der Waals surface area (Å²) in [6, 6.07) is 12.3. The lowest BCUT2D eigenvalue weighted by atomic mass is 10.1. The number of amides is 1. The van der Waals surface area contributed by atoms with Gasteiger partial charge in [0, 0.05) is 16.5 Å². The van der Waals surface area contributed by atoms with Crippen LogP contribution >= 0.6 is 0 Å². The summed E-state index contributed by atoms with van der Waals surface area (Å²) in [6.45, 7) is 3.16. The van der Waals surface area contributed by atoms with Gasteiger partial charge < -0.3 is 23.9 Å². The van der Waals surface area contributed by atoms with Crippen LogP contribution < -0.4 is 14.8 Å². The van der Waals surface area contributed by atoms with Crippen LogP contribution in [0.5, 0.6) is 11.5 Å². The monoisotopic (exact) mass is 397 g/mol. The first-order chi connectivity index (χ1) is 13.9. The van der Waals surface area contributed by atoms with E-state index in [0.717, 1.165) is 10.9 Å². The Hall–Kier alpha value is -3.48. The summed E-state index contributed by atoms with van der Waals surface area (Å²) in [6.07, 6.45) is 0. The van der Waals surface area contributed by atoms with Crippen molar-refractivity contribution >= 4 is 22.8 Å². The van der Waals surface area contributed by atoms with Gasteiger partial charge in [-0.05, 0) is 38.1 Å². The van der Waals surface area contributed by atoms with E-state index in [9.17, 15) is 9.59 Å². The number of carbonyl (C=O) groups excluding carboxylic acids is 2. The molecule has 0 bridgehead atoms. The molecule has 0 fully saturated rings. The molecule has 3 aromatic rings. The topological polar surface area (TPSA) is 87.0 Å². The Morgan fingerprint density at radius 1 is 1.10 bits per heavy atom. The number of hydrogen-bond acceptors (Lipinski definition) is 6. The first-order valence-corrected chi connectivity index (χ1v) is 9.11. The molecule has 7 heteroatoms. The molecule has 7 nitrogen and oxygen atoms in total. The molecular weight excluding hydrogens is 374 g/mol. The number of fused-ring (bicyclic) bond motifs is 1. The second-order valence-electron chi connectivity index (χ2n) is 6.53. The lowest BCUT2D eigenvalue weighted by molar-refractivity contribution is -0.124. The number of para-hydroxylation sites is 1. The molecule has 0 unspecified atom stereocenters. The first-order valence-electron chi connectivity index (χ1n) is 9.11. The zero-order valence-corrected chi connectivity index (χ0v) is 16.8. The maximum Gasteiger partial charge on any atom is 0.375 e. The van der Waals surface area contributed by atoms with E-state index in [4.69, 9.17) is 18.6 Å². The lowest BCUT2D eigenvalue weighted by Crippen LogP contribution is -2.31. The quantitative estimate of drug-likeness (QED) is 0.611. The van der Waals surface area contributed by atoms with Gasteiger partial charge in [0.2, 0.25) is 5.76 Å². The number of nitrogens with one attached hydrogen (secondary N) is 1. The number of benzene rings is 2. The number of carbonyl (C=O) groups is 2. The Balaban J connectivity index is 1.63. The minimum absolute atomic E-state index is 0.0986. The molecule has 3 rings (SSSR count). The van der Waals surface area contributed by atoms with E-state index >= 15 is 0 Å². The van der Waals surface area contributed by atoms with Gasteiger partial charge in [-0.1, -0.05) is 18.2 Å². The molecule has 1 N–H and O–H groups in total. The van der Waals surface area contributed by atoms with Gasteiger partial charge in [0.1, 0.15) is 17.1 Å². The fourth-order valence-corrected chi connectivity index (χ4v) is 3.10.